The zero-order valence-corrected chi connectivity index (χ0v) is 13.6. The van der Waals surface area contributed by atoms with Crippen LogP contribution in [-0.4, -0.2) is 20.0 Å². The number of nitrogens with one attached hydrogen (secondary N) is 1. The van der Waals surface area contributed by atoms with Gasteiger partial charge >= 0.3 is 5.69 Å². The Kier molecular flexibility index (Phi) is 3.57. The molecule has 0 saturated carbocycles. The second kappa shape index (κ2) is 5.90. The van der Waals surface area contributed by atoms with E-state index in [9.17, 15) is 9.59 Å². The van der Waals surface area contributed by atoms with Crippen LogP contribution in [0, 0.1) is 0 Å². The van der Waals surface area contributed by atoms with Crippen molar-refractivity contribution >= 4 is 33.7 Å². The molecule has 0 unspecified atom stereocenters. The molecule has 0 radical (unpaired) electrons. The van der Waals surface area contributed by atoms with Gasteiger partial charge in [-0.25, -0.2) is 9.78 Å². The van der Waals surface area contributed by atoms with Gasteiger partial charge in [-0.15, -0.1) is 0 Å². The molecule has 0 saturated heterocycles. The average Bonchev–Trinajstić information content (AvgIpc) is 2.87. The van der Waals surface area contributed by atoms with E-state index in [1.165, 1.54) is 9.13 Å². The number of benzene rings is 2. The van der Waals surface area contributed by atoms with Gasteiger partial charge in [0.1, 0.15) is 12.4 Å². The number of fused-ring (bicyclic) bond motifs is 2. The molecular weight excluding hydrogens is 316 g/mol. The summed E-state index contributed by atoms with van der Waals surface area (Å²) in [4.78, 5) is 29.2. The Morgan fingerprint density at radius 1 is 1.00 bits per heavy atom. The number of imidazole rings is 1. The lowest BCUT2D eigenvalue weighted by molar-refractivity contribution is -0.116. The van der Waals surface area contributed by atoms with Gasteiger partial charge in [-0.3, -0.25) is 13.9 Å². The van der Waals surface area contributed by atoms with Crippen LogP contribution >= 0.6 is 0 Å². The van der Waals surface area contributed by atoms with Crippen molar-refractivity contribution in [2.45, 2.75) is 6.54 Å². The Morgan fingerprint density at radius 2 is 1.72 bits per heavy atom. The third kappa shape index (κ3) is 2.67. The number of para-hydroxylation sites is 3. The fourth-order valence-corrected chi connectivity index (χ4v) is 2.98. The molecule has 0 bridgehead atoms. The molecule has 2 aromatic heterocycles. The molecule has 4 aromatic rings. The van der Waals surface area contributed by atoms with Crippen LogP contribution in [0.1, 0.15) is 0 Å². The summed E-state index contributed by atoms with van der Waals surface area (Å²) in [5.74, 6) is 0.179. The van der Waals surface area contributed by atoms with E-state index >= 15 is 0 Å². The van der Waals surface area contributed by atoms with Crippen molar-refractivity contribution in [1.82, 2.24) is 14.1 Å². The van der Waals surface area contributed by atoms with Gasteiger partial charge < -0.3 is 5.32 Å². The van der Waals surface area contributed by atoms with E-state index in [1.54, 1.807) is 13.1 Å². The number of pyridine rings is 1. The molecule has 0 aliphatic heterocycles. The quantitative estimate of drug-likeness (QED) is 0.627. The Hall–Kier alpha value is -3.41. The fourth-order valence-electron chi connectivity index (χ4n) is 2.98. The highest BCUT2D eigenvalue weighted by Gasteiger charge is 2.13. The smallest absolute Gasteiger partial charge is 0.309 e. The summed E-state index contributed by atoms with van der Waals surface area (Å²) in [5.41, 5.74) is 2.12. The number of hydrogen-bond donors (Lipinski definition) is 1. The first kappa shape index (κ1) is 15.1. The number of hydrogen-bond acceptors (Lipinski definition) is 3. The molecule has 1 amide bonds. The number of anilines is 1. The summed E-state index contributed by atoms with van der Waals surface area (Å²) in [6, 6.07) is 18.8. The molecule has 124 valence electrons. The van der Waals surface area contributed by atoms with Crippen LogP contribution in [0.15, 0.2) is 65.5 Å². The molecule has 0 atom stereocenters. The molecule has 1 N–H and O–H groups in total. The molecule has 0 spiro atoms. The maximum atomic E-state index is 12.4. The van der Waals surface area contributed by atoms with E-state index in [0.717, 1.165) is 21.9 Å². The SMILES string of the molecule is Cn1c(=O)n(CC(=O)Nc2ccc3ccccc3n2)c2ccccc21. The minimum absolute atomic E-state index is 0.0608. The number of carbonyl (C=O) groups is 1. The summed E-state index contributed by atoms with van der Waals surface area (Å²) in [7, 11) is 1.70. The fraction of sp³-hybridized carbons (Fsp3) is 0.105. The van der Waals surface area contributed by atoms with Crippen LogP contribution in [0.3, 0.4) is 0 Å². The lowest BCUT2D eigenvalue weighted by Gasteiger charge is -2.06. The lowest BCUT2D eigenvalue weighted by Crippen LogP contribution is -2.28. The van der Waals surface area contributed by atoms with Gasteiger partial charge in [0.15, 0.2) is 0 Å². The Balaban J connectivity index is 1.62. The highest BCUT2D eigenvalue weighted by molar-refractivity contribution is 5.92. The van der Waals surface area contributed by atoms with E-state index in [-0.39, 0.29) is 18.1 Å². The monoisotopic (exact) mass is 332 g/mol. The van der Waals surface area contributed by atoms with E-state index < -0.39 is 0 Å². The first-order valence-corrected chi connectivity index (χ1v) is 7.93. The number of amides is 1. The predicted octanol–water partition coefficient (Wildman–Crippen LogP) is 2.53. The number of rotatable bonds is 3. The van der Waals surface area contributed by atoms with Crippen molar-refractivity contribution in [2.24, 2.45) is 7.05 Å². The van der Waals surface area contributed by atoms with Gasteiger partial charge in [0.05, 0.1) is 16.6 Å². The average molecular weight is 332 g/mol. The molecule has 25 heavy (non-hydrogen) atoms. The van der Waals surface area contributed by atoms with Crippen LogP contribution in [0.2, 0.25) is 0 Å². The maximum absolute atomic E-state index is 12.4. The van der Waals surface area contributed by atoms with Crippen molar-refractivity contribution < 1.29 is 4.79 Å². The zero-order valence-electron chi connectivity index (χ0n) is 13.6. The summed E-state index contributed by atoms with van der Waals surface area (Å²) >= 11 is 0. The normalized spacial score (nSPS) is 11.1. The first-order chi connectivity index (χ1) is 12.1. The highest BCUT2D eigenvalue weighted by Crippen LogP contribution is 2.15. The van der Waals surface area contributed by atoms with Gasteiger partial charge in [-0.2, -0.15) is 0 Å². The van der Waals surface area contributed by atoms with E-state index in [4.69, 9.17) is 0 Å². The third-order valence-electron chi connectivity index (χ3n) is 4.22. The summed E-state index contributed by atoms with van der Waals surface area (Å²) < 4.78 is 3.00. The molecule has 0 aliphatic rings. The molecule has 2 aromatic carbocycles. The van der Waals surface area contributed by atoms with Crippen molar-refractivity contribution in [2.75, 3.05) is 5.32 Å². The molecular formula is C19H16N4O2. The third-order valence-corrected chi connectivity index (χ3v) is 4.22. The molecule has 2 heterocycles. The Morgan fingerprint density at radius 3 is 2.56 bits per heavy atom. The summed E-state index contributed by atoms with van der Waals surface area (Å²) in [6.07, 6.45) is 0. The van der Waals surface area contributed by atoms with Gasteiger partial charge in [0, 0.05) is 12.4 Å². The van der Waals surface area contributed by atoms with Gasteiger partial charge in [-0.05, 0) is 30.3 Å². The number of aryl methyl sites for hydroxylation is 1. The van der Waals surface area contributed by atoms with Crippen LogP contribution in [0.4, 0.5) is 5.82 Å². The van der Waals surface area contributed by atoms with Crippen molar-refractivity contribution in [3.05, 3.63) is 71.1 Å². The largest absolute Gasteiger partial charge is 0.329 e. The van der Waals surface area contributed by atoms with E-state index in [1.807, 2.05) is 54.6 Å². The first-order valence-electron chi connectivity index (χ1n) is 7.93. The molecule has 0 aliphatic carbocycles. The molecule has 0 fully saturated rings. The Bertz CT molecular complexity index is 1160. The maximum Gasteiger partial charge on any atom is 0.329 e. The minimum Gasteiger partial charge on any atom is -0.309 e. The van der Waals surface area contributed by atoms with Gasteiger partial charge in [0.25, 0.3) is 0 Å². The summed E-state index contributed by atoms with van der Waals surface area (Å²) in [5, 5.41) is 3.77. The summed E-state index contributed by atoms with van der Waals surface area (Å²) in [6.45, 7) is -0.0608. The molecule has 4 rings (SSSR count). The van der Waals surface area contributed by atoms with Crippen molar-refractivity contribution in [3.8, 4) is 0 Å². The van der Waals surface area contributed by atoms with E-state index in [0.29, 0.717) is 5.82 Å². The molecule has 6 heteroatoms. The van der Waals surface area contributed by atoms with Crippen LogP contribution in [0.25, 0.3) is 21.9 Å². The predicted molar refractivity (Wildman–Crippen MR) is 97.6 cm³/mol. The van der Waals surface area contributed by atoms with E-state index in [2.05, 4.69) is 10.3 Å². The second-order valence-corrected chi connectivity index (χ2v) is 5.85. The number of aromatic nitrogens is 3. The number of nitrogens with zero attached hydrogens (tertiary/aromatic N) is 3. The van der Waals surface area contributed by atoms with Crippen molar-refractivity contribution in [1.29, 1.82) is 0 Å². The lowest BCUT2D eigenvalue weighted by atomic mass is 10.2. The Labute approximate surface area is 143 Å². The van der Waals surface area contributed by atoms with Crippen LogP contribution < -0.4 is 11.0 Å². The van der Waals surface area contributed by atoms with Gasteiger partial charge in [0.2, 0.25) is 5.91 Å². The highest BCUT2D eigenvalue weighted by atomic mass is 16.2. The topological polar surface area (TPSA) is 68.9 Å². The van der Waals surface area contributed by atoms with Crippen LogP contribution in [-0.2, 0) is 18.4 Å². The zero-order chi connectivity index (χ0) is 17.4. The van der Waals surface area contributed by atoms with Crippen LogP contribution in [0.5, 0.6) is 0 Å². The second-order valence-electron chi connectivity index (χ2n) is 5.85. The minimum atomic E-state index is -0.291. The molecule has 6 nitrogen and oxygen atoms in total. The van der Waals surface area contributed by atoms with Crippen molar-refractivity contribution in [3.63, 3.8) is 0 Å². The van der Waals surface area contributed by atoms with Gasteiger partial charge in [-0.1, -0.05) is 30.3 Å². The number of carbonyl (C=O) groups excluding carboxylic acids is 1. The standard InChI is InChI=1S/C19H16N4O2/c1-22-15-8-4-5-9-16(15)23(19(22)25)12-18(24)21-17-11-10-13-6-2-3-7-14(13)20-17/h2-11H,12H2,1H3,(H,20,21,24).